The van der Waals surface area contributed by atoms with Crippen LogP contribution in [0.5, 0.6) is 0 Å². The number of aryl methyl sites for hydroxylation is 1. The Morgan fingerprint density at radius 2 is 2.54 bits per heavy atom. The molecular formula is C8H14N4O. The summed E-state index contributed by atoms with van der Waals surface area (Å²) in [5, 5.41) is 11.3. The number of methoxy groups -OCH3 is 1. The summed E-state index contributed by atoms with van der Waals surface area (Å²) in [6.45, 7) is 0.897. The summed E-state index contributed by atoms with van der Waals surface area (Å²) in [7, 11) is 3.70. The molecule has 2 rings (SSSR count). The summed E-state index contributed by atoms with van der Waals surface area (Å²) in [6, 6.07) is 0.289. The van der Waals surface area contributed by atoms with Crippen LogP contribution < -0.4 is 5.32 Å². The van der Waals surface area contributed by atoms with Gasteiger partial charge >= 0.3 is 0 Å². The lowest BCUT2D eigenvalue weighted by molar-refractivity contribution is 0.117. The van der Waals surface area contributed by atoms with Crippen molar-refractivity contribution in [2.24, 2.45) is 7.05 Å². The van der Waals surface area contributed by atoms with Crippen LogP contribution in [0.1, 0.15) is 18.3 Å². The predicted molar refractivity (Wildman–Crippen MR) is 47.2 cm³/mol. The lowest BCUT2D eigenvalue weighted by atomic mass is 10.2. The topological polar surface area (TPSA) is 52.0 Å². The molecule has 0 amide bonds. The average Bonchev–Trinajstić information content (AvgIpc) is 2.71. The van der Waals surface area contributed by atoms with Crippen LogP contribution in [0.3, 0.4) is 0 Å². The van der Waals surface area contributed by atoms with Crippen LogP contribution in [0.15, 0.2) is 6.33 Å². The summed E-state index contributed by atoms with van der Waals surface area (Å²) in [4.78, 5) is 0. The normalized spacial score (nSPS) is 28.2. The molecule has 0 aromatic carbocycles. The maximum Gasteiger partial charge on any atom is 0.149 e. The molecule has 2 atom stereocenters. The molecule has 2 unspecified atom stereocenters. The molecule has 0 spiro atoms. The molecule has 1 aromatic rings. The van der Waals surface area contributed by atoms with Gasteiger partial charge in [-0.15, -0.1) is 10.2 Å². The molecule has 1 saturated heterocycles. The van der Waals surface area contributed by atoms with Gasteiger partial charge in [0.05, 0.1) is 12.1 Å². The molecule has 1 aliphatic rings. The van der Waals surface area contributed by atoms with Crippen LogP contribution >= 0.6 is 0 Å². The van der Waals surface area contributed by atoms with E-state index in [9.17, 15) is 0 Å². The zero-order chi connectivity index (χ0) is 9.26. The van der Waals surface area contributed by atoms with Gasteiger partial charge in [-0.2, -0.15) is 0 Å². The third kappa shape index (κ3) is 1.57. The predicted octanol–water partition coefficient (Wildman–Crippen LogP) is -0.136. The maximum absolute atomic E-state index is 5.26. The van der Waals surface area contributed by atoms with Gasteiger partial charge in [-0.1, -0.05) is 0 Å². The van der Waals surface area contributed by atoms with E-state index in [2.05, 4.69) is 15.5 Å². The van der Waals surface area contributed by atoms with Gasteiger partial charge in [0, 0.05) is 20.7 Å². The maximum atomic E-state index is 5.26. The zero-order valence-electron chi connectivity index (χ0n) is 7.90. The largest absolute Gasteiger partial charge is 0.380 e. The highest BCUT2D eigenvalue weighted by atomic mass is 16.5. The van der Waals surface area contributed by atoms with Crippen molar-refractivity contribution in [3.05, 3.63) is 12.2 Å². The van der Waals surface area contributed by atoms with Crippen LogP contribution in [0.4, 0.5) is 0 Å². The second kappa shape index (κ2) is 3.43. The zero-order valence-corrected chi connectivity index (χ0v) is 7.90. The number of hydrogen-bond donors (Lipinski definition) is 1. The number of rotatable bonds is 2. The number of nitrogens with one attached hydrogen (secondary N) is 1. The molecule has 5 nitrogen and oxygen atoms in total. The second-order valence-corrected chi connectivity index (χ2v) is 3.35. The van der Waals surface area contributed by atoms with Crippen molar-refractivity contribution < 1.29 is 4.74 Å². The number of hydrogen-bond acceptors (Lipinski definition) is 4. The fourth-order valence-corrected chi connectivity index (χ4v) is 1.69. The Bertz CT molecular complexity index is 285. The van der Waals surface area contributed by atoms with Gasteiger partial charge in [-0.3, -0.25) is 0 Å². The van der Waals surface area contributed by atoms with Gasteiger partial charge in [0.2, 0.25) is 0 Å². The minimum atomic E-state index is 0.289. The van der Waals surface area contributed by atoms with Crippen molar-refractivity contribution in [2.45, 2.75) is 18.6 Å². The van der Waals surface area contributed by atoms with Gasteiger partial charge in [0.1, 0.15) is 12.2 Å². The summed E-state index contributed by atoms with van der Waals surface area (Å²) in [5.74, 6) is 0.986. The van der Waals surface area contributed by atoms with Crippen LogP contribution in [-0.4, -0.2) is 34.5 Å². The van der Waals surface area contributed by atoms with Crippen molar-refractivity contribution in [3.8, 4) is 0 Å². The van der Waals surface area contributed by atoms with Crippen molar-refractivity contribution in [2.75, 3.05) is 13.7 Å². The third-order valence-corrected chi connectivity index (χ3v) is 2.48. The molecule has 0 bridgehead atoms. The van der Waals surface area contributed by atoms with Crippen molar-refractivity contribution in [3.63, 3.8) is 0 Å². The molecule has 1 aliphatic heterocycles. The minimum absolute atomic E-state index is 0.289. The molecular weight excluding hydrogens is 168 g/mol. The fourth-order valence-electron chi connectivity index (χ4n) is 1.69. The minimum Gasteiger partial charge on any atom is -0.380 e. The Hall–Kier alpha value is -0.940. The van der Waals surface area contributed by atoms with E-state index < -0.39 is 0 Å². The third-order valence-electron chi connectivity index (χ3n) is 2.48. The van der Waals surface area contributed by atoms with E-state index in [4.69, 9.17) is 4.74 Å². The first-order valence-corrected chi connectivity index (χ1v) is 4.41. The molecule has 1 fully saturated rings. The van der Waals surface area contributed by atoms with E-state index >= 15 is 0 Å². The van der Waals surface area contributed by atoms with Gasteiger partial charge in [0.15, 0.2) is 0 Å². The van der Waals surface area contributed by atoms with E-state index in [0.29, 0.717) is 6.10 Å². The SMILES string of the molecule is COC1CNC(c2nncn2C)C1. The Morgan fingerprint density at radius 3 is 3.08 bits per heavy atom. The first-order valence-electron chi connectivity index (χ1n) is 4.41. The van der Waals surface area contributed by atoms with Crippen molar-refractivity contribution in [1.29, 1.82) is 0 Å². The highest BCUT2D eigenvalue weighted by Gasteiger charge is 2.27. The fraction of sp³-hybridized carbons (Fsp3) is 0.750. The van der Waals surface area contributed by atoms with Gasteiger partial charge < -0.3 is 14.6 Å². The van der Waals surface area contributed by atoms with Gasteiger partial charge in [-0.05, 0) is 6.42 Å². The average molecular weight is 182 g/mol. The first-order chi connectivity index (χ1) is 6.31. The van der Waals surface area contributed by atoms with Crippen LogP contribution in [0.2, 0.25) is 0 Å². The smallest absolute Gasteiger partial charge is 0.149 e. The molecule has 1 N–H and O–H groups in total. The molecule has 2 heterocycles. The molecule has 0 radical (unpaired) electrons. The summed E-state index contributed by atoms with van der Waals surface area (Å²) in [5.41, 5.74) is 0. The van der Waals surface area contributed by atoms with E-state index in [1.807, 2.05) is 11.6 Å². The summed E-state index contributed by atoms with van der Waals surface area (Å²) >= 11 is 0. The highest BCUT2D eigenvalue weighted by molar-refractivity contribution is 4.99. The monoisotopic (exact) mass is 182 g/mol. The molecule has 5 heteroatoms. The number of aromatic nitrogens is 3. The van der Waals surface area contributed by atoms with Gasteiger partial charge in [0.25, 0.3) is 0 Å². The van der Waals surface area contributed by atoms with E-state index in [0.717, 1.165) is 18.8 Å². The second-order valence-electron chi connectivity index (χ2n) is 3.35. The summed E-state index contributed by atoms with van der Waals surface area (Å²) in [6.07, 6.45) is 3.00. The molecule has 72 valence electrons. The van der Waals surface area contributed by atoms with E-state index in [-0.39, 0.29) is 6.04 Å². The highest BCUT2D eigenvalue weighted by Crippen LogP contribution is 2.22. The summed E-state index contributed by atoms with van der Waals surface area (Å²) < 4.78 is 7.20. The Balaban J connectivity index is 2.08. The lowest BCUT2D eigenvalue weighted by Crippen LogP contribution is -2.18. The number of nitrogens with zero attached hydrogens (tertiary/aromatic N) is 3. The van der Waals surface area contributed by atoms with Crippen LogP contribution in [0.25, 0.3) is 0 Å². The Kier molecular flexibility index (Phi) is 2.28. The van der Waals surface area contributed by atoms with E-state index in [1.165, 1.54) is 0 Å². The molecule has 0 saturated carbocycles. The lowest BCUT2D eigenvalue weighted by Gasteiger charge is -2.08. The van der Waals surface area contributed by atoms with Crippen molar-refractivity contribution in [1.82, 2.24) is 20.1 Å². The number of ether oxygens (including phenoxy) is 1. The van der Waals surface area contributed by atoms with Crippen LogP contribution in [-0.2, 0) is 11.8 Å². The quantitative estimate of drug-likeness (QED) is 0.692. The standard InChI is InChI=1S/C8H14N4O/c1-12-5-10-11-8(12)7-3-6(13-2)4-9-7/h5-7,9H,3-4H2,1-2H3. The molecule has 0 aliphatic carbocycles. The van der Waals surface area contributed by atoms with Crippen LogP contribution in [0, 0.1) is 0 Å². The van der Waals surface area contributed by atoms with E-state index in [1.54, 1.807) is 13.4 Å². The molecule has 1 aromatic heterocycles. The van der Waals surface area contributed by atoms with Gasteiger partial charge in [-0.25, -0.2) is 0 Å². The first kappa shape index (κ1) is 8.65. The Morgan fingerprint density at radius 1 is 1.69 bits per heavy atom. The molecule has 13 heavy (non-hydrogen) atoms. The Labute approximate surface area is 77.1 Å². The van der Waals surface area contributed by atoms with Crippen molar-refractivity contribution >= 4 is 0 Å².